The van der Waals surface area contributed by atoms with E-state index in [0.717, 1.165) is 19.3 Å². The molecule has 82 valence electrons. The molecule has 0 aliphatic heterocycles. The topological polar surface area (TPSA) is 54.3 Å². The lowest BCUT2D eigenvalue weighted by atomic mass is 10.2. The lowest BCUT2D eigenvalue weighted by Gasteiger charge is -2.18. The monoisotopic (exact) mass is 208 g/mol. The van der Waals surface area contributed by atoms with Crippen LogP contribution in [0.3, 0.4) is 0 Å². The van der Waals surface area contributed by atoms with Gasteiger partial charge in [0.05, 0.1) is 12.1 Å². The number of anilines is 1. The molecule has 4 nitrogen and oxygen atoms in total. The van der Waals surface area contributed by atoms with Gasteiger partial charge in [0.1, 0.15) is 5.69 Å². The third-order valence-electron chi connectivity index (χ3n) is 3.05. The summed E-state index contributed by atoms with van der Waals surface area (Å²) in [5, 5.41) is 12.6. The van der Waals surface area contributed by atoms with E-state index in [4.69, 9.17) is 0 Å². The Morgan fingerprint density at radius 1 is 1.53 bits per heavy atom. The summed E-state index contributed by atoms with van der Waals surface area (Å²) < 4.78 is 1.64. The van der Waals surface area contributed by atoms with Gasteiger partial charge < -0.3 is 15.0 Å². The van der Waals surface area contributed by atoms with E-state index >= 15 is 0 Å². The number of aliphatic hydroxyl groups excluding tert-OH is 1. The number of nitrogens with zero attached hydrogens (tertiary/aromatic N) is 1. The molecule has 1 heterocycles. The first-order valence-corrected chi connectivity index (χ1v) is 5.31. The minimum absolute atomic E-state index is 0.0500. The highest BCUT2D eigenvalue weighted by Gasteiger charge is 2.27. The standard InChI is InChI=1S/C11H16N2O2/c1-12-8-4-3-7-13(11(8)15)9-5-2-6-10(9)14/h3-4,7,9-10,12,14H,2,5-6H2,1H3. The molecule has 0 aromatic carbocycles. The Bertz CT molecular complexity index is 400. The van der Waals surface area contributed by atoms with Crippen LogP contribution < -0.4 is 10.9 Å². The molecule has 0 spiro atoms. The average molecular weight is 208 g/mol. The van der Waals surface area contributed by atoms with E-state index in [2.05, 4.69) is 5.32 Å². The summed E-state index contributed by atoms with van der Waals surface area (Å²) in [7, 11) is 1.73. The van der Waals surface area contributed by atoms with Crippen molar-refractivity contribution in [3.63, 3.8) is 0 Å². The van der Waals surface area contributed by atoms with Crippen molar-refractivity contribution in [2.45, 2.75) is 31.4 Å². The van der Waals surface area contributed by atoms with Crippen LogP contribution in [0.15, 0.2) is 23.1 Å². The fourth-order valence-electron chi connectivity index (χ4n) is 2.21. The number of hydrogen-bond acceptors (Lipinski definition) is 3. The summed E-state index contributed by atoms with van der Waals surface area (Å²) in [6.45, 7) is 0. The normalized spacial score (nSPS) is 25.5. The molecule has 15 heavy (non-hydrogen) atoms. The fraction of sp³-hybridized carbons (Fsp3) is 0.545. The third-order valence-corrected chi connectivity index (χ3v) is 3.05. The Kier molecular flexibility index (Phi) is 2.77. The molecule has 1 saturated carbocycles. The van der Waals surface area contributed by atoms with Gasteiger partial charge in [-0.2, -0.15) is 0 Å². The van der Waals surface area contributed by atoms with Crippen molar-refractivity contribution in [2.75, 3.05) is 12.4 Å². The predicted octanol–water partition coefficient (Wildman–Crippen LogP) is 0.976. The van der Waals surface area contributed by atoms with Crippen LogP contribution in [0, 0.1) is 0 Å². The van der Waals surface area contributed by atoms with Crippen LogP contribution in [0.5, 0.6) is 0 Å². The summed E-state index contributed by atoms with van der Waals surface area (Å²) in [4.78, 5) is 11.9. The SMILES string of the molecule is CNc1cccn(C2CCCC2O)c1=O. The summed E-state index contributed by atoms with van der Waals surface area (Å²) in [5.41, 5.74) is 0.530. The minimum Gasteiger partial charge on any atom is -0.391 e. The second kappa shape index (κ2) is 4.06. The van der Waals surface area contributed by atoms with Crippen molar-refractivity contribution in [1.82, 2.24) is 4.57 Å². The molecule has 2 rings (SSSR count). The lowest BCUT2D eigenvalue weighted by molar-refractivity contribution is 0.135. The summed E-state index contributed by atoms with van der Waals surface area (Å²) in [6.07, 6.45) is 4.04. The Morgan fingerprint density at radius 3 is 2.93 bits per heavy atom. The van der Waals surface area contributed by atoms with Crippen molar-refractivity contribution in [1.29, 1.82) is 0 Å². The van der Waals surface area contributed by atoms with Gasteiger partial charge in [-0.3, -0.25) is 4.79 Å². The number of aliphatic hydroxyl groups is 1. The molecule has 0 radical (unpaired) electrons. The van der Waals surface area contributed by atoms with Gasteiger partial charge >= 0.3 is 0 Å². The first-order valence-electron chi connectivity index (χ1n) is 5.31. The van der Waals surface area contributed by atoms with Gasteiger partial charge in [0.25, 0.3) is 5.56 Å². The number of hydrogen-bond donors (Lipinski definition) is 2. The minimum atomic E-state index is -0.380. The van der Waals surface area contributed by atoms with Gasteiger partial charge in [-0.15, -0.1) is 0 Å². The van der Waals surface area contributed by atoms with E-state index in [-0.39, 0.29) is 17.7 Å². The molecule has 0 bridgehead atoms. The van der Waals surface area contributed by atoms with E-state index in [0.29, 0.717) is 5.69 Å². The number of rotatable bonds is 2. The zero-order chi connectivity index (χ0) is 10.8. The van der Waals surface area contributed by atoms with Crippen molar-refractivity contribution in [3.05, 3.63) is 28.7 Å². The van der Waals surface area contributed by atoms with Crippen molar-refractivity contribution >= 4 is 5.69 Å². The molecule has 1 aliphatic rings. The van der Waals surface area contributed by atoms with E-state index in [1.807, 2.05) is 6.07 Å². The molecule has 0 saturated heterocycles. The number of nitrogens with one attached hydrogen (secondary N) is 1. The van der Waals surface area contributed by atoms with Crippen LogP contribution in [0.4, 0.5) is 5.69 Å². The van der Waals surface area contributed by atoms with Crippen LogP contribution in [0.1, 0.15) is 25.3 Å². The number of pyridine rings is 1. The third kappa shape index (κ3) is 1.77. The maximum absolute atomic E-state index is 11.9. The molecule has 1 aliphatic carbocycles. The van der Waals surface area contributed by atoms with Crippen LogP contribution >= 0.6 is 0 Å². The second-order valence-electron chi connectivity index (χ2n) is 3.95. The Labute approximate surface area is 88.6 Å². The Morgan fingerprint density at radius 2 is 2.33 bits per heavy atom. The van der Waals surface area contributed by atoms with Gasteiger partial charge in [0, 0.05) is 13.2 Å². The van der Waals surface area contributed by atoms with Crippen LogP contribution in [0.2, 0.25) is 0 Å². The van der Waals surface area contributed by atoms with Gasteiger partial charge in [0.2, 0.25) is 0 Å². The lowest BCUT2D eigenvalue weighted by Crippen LogP contribution is -2.29. The molecule has 1 aromatic rings. The van der Waals surface area contributed by atoms with E-state index in [9.17, 15) is 9.90 Å². The second-order valence-corrected chi connectivity index (χ2v) is 3.95. The summed E-state index contributed by atoms with van der Waals surface area (Å²) in [5.74, 6) is 0. The van der Waals surface area contributed by atoms with Gasteiger partial charge in [0.15, 0.2) is 0 Å². The highest BCUT2D eigenvalue weighted by Crippen LogP contribution is 2.28. The summed E-state index contributed by atoms with van der Waals surface area (Å²) >= 11 is 0. The zero-order valence-electron chi connectivity index (χ0n) is 8.81. The molecular formula is C11H16N2O2. The van der Waals surface area contributed by atoms with Gasteiger partial charge in [-0.05, 0) is 31.4 Å². The van der Waals surface area contributed by atoms with Crippen molar-refractivity contribution in [2.24, 2.45) is 0 Å². The molecule has 1 aromatic heterocycles. The molecular weight excluding hydrogens is 192 g/mol. The van der Waals surface area contributed by atoms with E-state index in [1.165, 1.54) is 0 Å². The largest absolute Gasteiger partial charge is 0.391 e. The summed E-state index contributed by atoms with van der Waals surface area (Å²) in [6, 6.07) is 3.53. The first kappa shape index (κ1) is 10.2. The molecule has 2 atom stereocenters. The van der Waals surface area contributed by atoms with Crippen LogP contribution in [-0.2, 0) is 0 Å². The first-order chi connectivity index (χ1) is 7.24. The fourth-order valence-corrected chi connectivity index (χ4v) is 2.21. The maximum atomic E-state index is 11.9. The Hall–Kier alpha value is -1.29. The van der Waals surface area contributed by atoms with Crippen molar-refractivity contribution in [3.8, 4) is 0 Å². The predicted molar refractivity (Wildman–Crippen MR) is 59.1 cm³/mol. The molecule has 1 fully saturated rings. The number of aromatic nitrogens is 1. The van der Waals surface area contributed by atoms with Crippen LogP contribution in [0.25, 0.3) is 0 Å². The molecule has 4 heteroatoms. The van der Waals surface area contributed by atoms with Crippen molar-refractivity contribution < 1.29 is 5.11 Å². The quantitative estimate of drug-likeness (QED) is 0.761. The molecule has 2 N–H and O–H groups in total. The zero-order valence-corrected chi connectivity index (χ0v) is 8.81. The van der Waals surface area contributed by atoms with Crippen LogP contribution in [-0.4, -0.2) is 22.8 Å². The highest BCUT2D eigenvalue weighted by molar-refractivity contribution is 5.39. The highest BCUT2D eigenvalue weighted by atomic mass is 16.3. The average Bonchev–Trinajstić information content (AvgIpc) is 2.65. The smallest absolute Gasteiger partial charge is 0.274 e. The molecule has 2 unspecified atom stereocenters. The van der Waals surface area contributed by atoms with Gasteiger partial charge in [-0.1, -0.05) is 0 Å². The van der Waals surface area contributed by atoms with Gasteiger partial charge in [-0.25, -0.2) is 0 Å². The van der Waals surface area contributed by atoms with E-state index in [1.54, 1.807) is 23.9 Å². The maximum Gasteiger partial charge on any atom is 0.274 e. The Balaban J connectivity index is 2.40. The van der Waals surface area contributed by atoms with E-state index < -0.39 is 0 Å². The molecule has 0 amide bonds.